The van der Waals surface area contributed by atoms with Crippen LogP contribution < -0.4 is 5.32 Å². The van der Waals surface area contributed by atoms with Crippen LogP contribution in [0.4, 0.5) is 0 Å². The van der Waals surface area contributed by atoms with E-state index in [0.717, 1.165) is 30.8 Å². The molecule has 2 rings (SSSR count). The second-order valence-electron chi connectivity index (χ2n) is 4.89. The molecule has 104 valence electrons. The molecule has 1 unspecified atom stereocenters. The number of aromatic nitrogens is 1. The molecule has 0 aromatic carbocycles. The minimum absolute atomic E-state index is 0.295. The van der Waals surface area contributed by atoms with Gasteiger partial charge in [-0.15, -0.1) is 11.3 Å². The van der Waals surface area contributed by atoms with Crippen LogP contribution >= 0.6 is 11.3 Å². The first-order valence-electron chi connectivity index (χ1n) is 6.82. The molecule has 1 atom stereocenters. The maximum Gasteiger partial charge on any atom is 0.105 e. The molecule has 2 heterocycles. The minimum Gasteiger partial charge on any atom is -0.469 e. The zero-order chi connectivity index (χ0) is 13.8. The number of hydrogen-bond donors (Lipinski definition) is 1. The molecule has 4 heteroatoms. The number of hydrogen-bond acceptors (Lipinski definition) is 4. The third-order valence-corrected chi connectivity index (χ3v) is 4.46. The van der Waals surface area contributed by atoms with Crippen molar-refractivity contribution in [1.29, 1.82) is 0 Å². The Bertz CT molecular complexity index is 510. The molecule has 1 N–H and O–H groups in total. The van der Waals surface area contributed by atoms with Crippen molar-refractivity contribution in [3.8, 4) is 0 Å². The van der Waals surface area contributed by atoms with Crippen molar-refractivity contribution in [2.45, 2.75) is 46.6 Å². The number of furan rings is 1. The molecule has 0 radical (unpaired) electrons. The quantitative estimate of drug-likeness (QED) is 0.869. The molecule has 19 heavy (non-hydrogen) atoms. The fourth-order valence-electron chi connectivity index (χ4n) is 2.17. The minimum atomic E-state index is 0.295. The molecule has 0 aliphatic carbocycles. The highest BCUT2D eigenvalue weighted by Gasteiger charge is 2.18. The molecular formula is C15H22N2OS. The lowest BCUT2D eigenvalue weighted by Crippen LogP contribution is -2.24. The van der Waals surface area contributed by atoms with Crippen LogP contribution in [-0.2, 0) is 6.42 Å². The Balaban J connectivity index is 2.16. The van der Waals surface area contributed by atoms with Crippen molar-refractivity contribution in [3.63, 3.8) is 0 Å². The first-order valence-corrected chi connectivity index (χ1v) is 7.63. The molecule has 3 nitrogen and oxygen atoms in total. The van der Waals surface area contributed by atoms with E-state index in [9.17, 15) is 0 Å². The van der Waals surface area contributed by atoms with Gasteiger partial charge in [-0.3, -0.25) is 0 Å². The molecule has 0 saturated heterocycles. The molecule has 0 fully saturated rings. The second kappa shape index (κ2) is 6.35. The average molecular weight is 278 g/mol. The Hall–Kier alpha value is -1.13. The molecule has 0 aliphatic heterocycles. The van der Waals surface area contributed by atoms with Crippen LogP contribution in [-0.4, -0.2) is 11.5 Å². The lowest BCUT2D eigenvalue weighted by molar-refractivity contribution is 0.493. The van der Waals surface area contributed by atoms with Gasteiger partial charge in [-0.25, -0.2) is 4.98 Å². The van der Waals surface area contributed by atoms with Gasteiger partial charge in [-0.05, 0) is 39.8 Å². The maximum absolute atomic E-state index is 5.44. The Morgan fingerprint density at radius 2 is 2.16 bits per heavy atom. The lowest BCUT2D eigenvalue weighted by atomic mass is 10.0. The maximum atomic E-state index is 5.44. The highest BCUT2D eigenvalue weighted by atomic mass is 32.1. The number of nitrogens with one attached hydrogen (secondary N) is 1. The standard InChI is InChI=1S/C15H22N2OS/c1-5-7-16-14(13-6-8-18-11(13)3)9-15-17-10(2)12(4)19-15/h6,8,14,16H,5,7,9H2,1-4H3. The van der Waals surface area contributed by atoms with Crippen LogP contribution in [0.2, 0.25) is 0 Å². The molecule has 2 aromatic rings. The lowest BCUT2D eigenvalue weighted by Gasteiger charge is -2.16. The van der Waals surface area contributed by atoms with Crippen LogP contribution in [0.5, 0.6) is 0 Å². The summed E-state index contributed by atoms with van der Waals surface area (Å²) >= 11 is 1.80. The van der Waals surface area contributed by atoms with Gasteiger partial charge in [-0.2, -0.15) is 0 Å². The molecule has 2 aromatic heterocycles. The Morgan fingerprint density at radius 3 is 2.68 bits per heavy atom. The van der Waals surface area contributed by atoms with E-state index in [1.807, 2.05) is 6.92 Å². The SMILES string of the molecule is CCCNC(Cc1nc(C)c(C)s1)c1ccoc1C. The van der Waals surface area contributed by atoms with Gasteiger partial charge in [-0.1, -0.05) is 6.92 Å². The van der Waals surface area contributed by atoms with E-state index in [2.05, 4.69) is 37.1 Å². The molecular weight excluding hydrogens is 256 g/mol. The summed E-state index contributed by atoms with van der Waals surface area (Å²) in [5.74, 6) is 0.999. The predicted molar refractivity (Wildman–Crippen MR) is 79.8 cm³/mol. The third kappa shape index (κ3) is 3.45. The van der Waals surface area contributed by atoms with E-state index in [4.69, 9.17) is 4.42 Å². The average Bonchev–Trinajstić information content (AvgIpc) is 2.92. The van der Waals surface area contributed by atoms with Crippen molar-refractivity contribution >= 4 is 11.3 Å². The van der Waals surface area contributed by atoms with Crippen molar-refractivity contribution < 1.29 is 4.42 Å². The predicted octanol–water partition coefficient (Wildman–Crippen LogP) is 3.94. The van der Waals surface area contributed by atoms with Crippen molar-refractivity contribution in [1.82, 2.24) is 10.3 Å². The summed E-state index contributed by atoms with van der Waals surface area (Å²) < 4.78 is 5.44. The first kappa shape index (κ1) is 14.3. The second-order valence-corrected chi connectivity index (χ2v) is 6.18. The zero-order valence-corrected chi connectivity index (χ0v) is 12.9. The number of rotatable bonds is 6. The summed E-state index contributed by atoms with van der Waals surface area (Å²) in [6.45, 7) is 9.43. The van der Waals surface area contributed by atoms with Crippen molar-refractivity contribution in [2.75, 3.05) is 6.54 Å². The summed E-state index contributed by atoms with van der Waals surface area (Å²) in [5.41, 5.74) is 2.40. The highest BCUT2D eigenvalue weighted by molar-refractivity contribution is 7.11. The van der Waals surface area contributed by atoms with E-state index in [1.54, 1.807) is 17.6 Å². The van der Waals surface area contributed by atoms with Gasteiger partial charge in [0.2, 0.25) is 0 Å². The molecule has 0 saturated carbocycles. The molecule has 0 aliphatic rings. The van der Waals surface area contributed by atoms with Crippen LogP contribution in [0.1, 0.15) is 46.3 Å². The van der Waals surface area contributed by atoms with Crippen molar-refractivity contribution in [2.24, 2.45) is 0 Å². The van der Waals surface area contributed by atoms with E-state index in [-0.39, 0.29) is 0 Å². The number of nitrogens with zero attached hydrogens (tertiary/aromatic N) is 1. The molecule has 0 spiro atoms. The van der Waals surface area contributed by atoms with Crippen LogP contribution in [0.25, 0.3) is 0 Å². The largest absolute Gasteiger partial charge is 0.469 e. The van der Waals surface area contributed by atoms with Gasteiger partial charge < -0.3 is 9.73 Å². The summed E-state index contributed by atoms with van der Waals surface area (Å²) in [4.78, 5) is 5.96. The summed E-state index contributed by atoms with van der Waals surface area (Å²) in [6, 6.07) is 2.36. The Kier molecular flexibility index (Phi) is 4.77. The molecule has 0 bridgehead atoms. The zero-order valence-electron chi connectivity index (χ0n) is 12.1. The van der Waals surface area contributed by atoms with E-state index in [1.165, 1.54) is 15.4 Å². The Labute approximate surface area is 119 Å². The summed E-state index contributed by atoms with van der Waals surface area (Å²) in [7, 11) is 0. The van der Waals surface area contributed by atoms with Crippen molar-refractivity contribution in [3.05, 3.63) is 39.2 Å². The summed E-state index contributed by atoms with van der Waals surface area (Å²) in [6.07, 6.45) is 3.83. The monoisotopic (exact) mass is 278 g/mol. The van der Waals surface area contributed by atoms with Gasteiger partial charge in [0.05, 0.1) is 17.0 Å². The van der Waals surface area contributed by atoms with E-state index < -0.39 is 0 Å². The highest BCUT2D eigenvalue weighted by Crippen LogP contribution is 2.26. The van der Waals surface area contributed by atoms with Gasteiger partial charge in [0.15, 0.2) is 0 Å². The normalized spacial score (nSPS) is 12.8. The fourth-order valence-corrected chi connectivity index (χ4v) is 3.15. The summed E-state index contributed by atoms with van der Waals surface area (Å²) in [5, 5.41) is 4.79. The number of thiazole rings is 1. The van der Waals surface area contributed by atoms with Gasteiger partial charge >= 0.3 is 0 Å². The van der Waals surface area contributed by atoms with Gasteiger partial charge in [0.1, 0.15) is 5.76 Å². The van der Waals surface area contributed by atoms with Crippen LogP contribution in [0.15, 0.2) is 16.7 Å². The third-order valence-electron chi connectivity index (χ3n) is 3.37. The number of aryl methyl sites for hydroxylation is 3. The van der Waals surface area contributed by atoms with Crippen LogP contribution in [0.3, 0.4) is 0 Å². The van der Waals surface area contributed by atoms with E-state index in [0.29, 0.717) is 6.04 Å². The topological polar surface area (TPSA) is 38.1 Å². The van der Waals surface area contributed by atoms with Gasteiger partial charge in [0.25, 0.3) is 0 Å². The smallest absolute Gasteiger partial charge is 0.105 e. The Morgan fingerprint density at radius 1 is 1.37 bits per heavy atom. The van der Waals surface area contributed by atoms with E-state index >= 15 is 0 Å². The van der Waals surface area contributed by atoms with Crippen LogP contribution in [0, 0.1) is 20.8 Å². The first-order chi connectivity index (χ1) is 9.11. The molecule has 0 amide bonds. The fraction of sp³-hybridized carbons (Fsp3) is 0.533. The van der Waals surface area contributed by atoms with Gasteiger partial charge in [0, 0.05) is 22.9 Å².